The monoisotopic (exact) mass is 217 g/mol. The Morgan fingerprint density at radius 1 is 1.50 bits per heavy atom. The van der Waals surface area contributed by atoms with Gasteiger partial charge in [0.25, 0.3) is 0 Å². The third-order valence-corrected chi connectivity index (χ3v) is 2.23. The first kappa shape index (κ1) is 13.5. The quantitative estimate of drug-likeness (QED) is 0.547. The minimum absolute atomic E-state index is 0.224. The highest BCUT2D eigenvalue weighted by Gasteiger charge is 2.26. The lowest BCUT2D eigenvalue weighted by molar-refractivity contribution is -0.124. The topological polar surface area (TPSA) is 46.2 Å². The highest BCUT2D eigenvalue weighted by Crippen LogP contribution is 2.06. The zero-order valence-electron chi connectivity index (χ0n) is 9.04. The molecule has 0 radical (unpaired) electrons. The van der Waals surface area contributed by atoms with Crippen LogP contribution in [0.1, 0.15) is 40.0 Å². The lowest BCUT2D eigenvalue weighted by atomic mass is 10.1. The molecular weight excluding hydrogens is 198 g/mol. The molecule has 1 rings (SSSR count). The van der Waals surface area contributed by atoms with E-state index in [2.05, 4.69) is 38.7 Å². The standard InChI is InChI=1S/C6H14.C4H5NO2S/c1-4-5-6(2)3;6-3-1-2(8)4(7)5-3/h6H,4-5H2,1-3H3;2,8H,1H2,(H,5,6,7). The predicted molar refractivity (Wildman–Crippen MR) is 60.3 cm³/mol. The maximum absolute atomic E-state index is 10.4. The molecule has 1 aliphatic rings. The Bertz CT molecular complexity index is 204. The fourth-order valence-corrected chi connectivity index (χ4v) is 1.35. The van der Waals surface area contributed by atoms with E-state index in [0.717, 1.165) is 5.92 Å². The highest BCUT2D eigenvalue weighted by atomic mass is 32.1. The van der Waals surface area contributed by atoms with Crippen molar-refractivity contribution in [1.29, 1.82) is 0 Å². The van der Waals surface area contributed by atoms with Gasteiger partial charge in [-0.3, -0.25) is 14.9 Å². The first-order valence-corrected chi connectivity index (χ1v) is 5.50. The third kappa shape index (κ3) is 6.02. The molecule has 4 heteroatoms. The van der Waals surface area contributed by atoms with Crippen molar-refractivity contribution in [2.45, 2.75) is 45.3 Å². The van der Waals surface area contributed by atoms with Crippen molar-refractivity contribution >= 4 is 24.4 Å². The van der Waals surface area contributed by atoms with E-state index in [1.165, 1.54) is 12.8 Å². The van der Waals surface area contributed by atoms with Crippen molar-refractivity contribution in [3.63, 3.8) is 0 Å². The molecule has 1 aliphatic heterocycles. The summed E-state index contributed by atoms with van der Waals surface area (Å²) in [6, 6.07) is 0. The molecule has 1 unspecified atom stereocenters. The number of hydrogen-bond acceptors (Lipinski definition) is 3. The Balaban J connectivity index is 0.000000255. The molecule has 1 fully saturated rings. The number of thiol groups is 1. The number of hydrogen-bond donors (Lipinski definition) is 2. The van der Waals surface area contributed by atoms with Crippen LogP contribution >= 0.6 is 12.6 Å². The summed E-state index contributed by atoms with van der Waals surface area (Å²) in [6.45, 7) is 6.73. The molecule has 1 heterocycles. The van der Waals surface area contributed by atoms with E-state index in [9.17, 15) is 9.59 Å². The summed E-state index contributed by atoms with van der Waals surface area (Å²) in [7, 11) is 0. The number of imide groups is 1. The van der Waals surface area contributed by atoms with Gasteiger partial charge in [0.2, 0.25) is 11.8 Å². The van der Waals surface area contributed by atoms with Crippen molar-refractivity contribution in [2.75, 3.05) is 0 Å². The summed E-state index contributed by atoms with van der Waals surface area (Å²) in [5, 5.41) is 1.70. The van der Waals surface area contributed by atoms with E-state index in [-0.39, 0.29) is 18.2 Å². The Kier molecular flexibility index (Phi) is 6.62. The average molecular weight is 217 g/mol. The highest BCUT2D eigenvalue weighted by molar-refractivity contribution is 7.81. The first-order valence-electron chi connectivity index (χ1n) is 4.99. The number of nitrogens with one attached hydrogen (secondary N) is 1. The van der Waals surface area contributed by atoms with Crippen LogP contribution in [-0.2, 0) is 9.59 Å². The number of amides is 2. The van der Waals surface area contributed by atoms with E-state index in [4.69, 9.17) is 0 Å². The minimum Gasteiger partial charge on any atom is -0.295 e. The van der Waals surface area contributed by atoms with Gasteiger partial charge in [-0.05, 0) is 5.92 Å². The molecule has 0 aromatic rings. The van der Waals surface area contributed by atoms with Gasteiger partial charge in [-0.15, -0.1) is 0 Å². The van der Waals surface area contributed by atoms with Gasteiger partial charge in [0.05, 0.1) is 5.25 Å². The van der Waals surface area contributed by atoms with Gasteiger partial charge in [0.1, 0.15) is 0 Å². The van der Waals surface area contributed by atoms with Crippen LogP contribution in [0.5, 0.6) is 0 Å². The van der Waals surface area contributed by atoms with E-state index in [1.54, 1.807) is 0 Å². The molecule has 0 saturated carbocycles. The largest absolute Gasteiger partial charge is 0.295 e. The van der Waals surface area contributed by atoms with E-state index in [1.807, 2.05) is 0 Å². The van der Waals surface area contributed by atoms with Crippen LogP contribution in [0.2, 0.25) is 0 Å². The lowest BCUT2D eigenvalue weighted by Gasteiger charge is -1.95. The van der Waals surface area contributed by atoms with Gasteiger partial charge in [-0.25, -0.2) is 0 Å². The molecule has 82 valence electrons. The van der Waals surface area contributed by atoms with Crippen LogP contribution in [0.3, 0.4) is 0 Å². The molecule has 1 atom stereocenters. The molecule has 0 aromatic heterocycles. The first-order chi connectivity index (χ1) is 6.47. The van der Waals surface area contributed by atoms with Gasteiger partial charge >= 0.3 is 0 Å². The van der Waals surface area contributed by atoms with Crippen molar-refractivity contribution in [1.82, 2.24) is 5.32 Å². The van der Waals surface area contributed by atoms with Gasteiger partial charge < -0.3 is 0 Å². The smallest absolute Gasteiger partial charge is 0.239 e. The molecule has 0 spiro atoms. The molecule has 1 saturated heterocycles. The van der Waals surface area contributed by atoms with Crippen LogP contribution in [0.15, 0.2) is 0 Å². The number of rotatable bonds is 2. The van der Waals surface area contributed by atoms with Crippen LogP contribution < -0.4 is 5.32 Å². The number of carbonyl (C=O) groups is 2. The molecule has 0 bridgehead atoms. The Morgan fingerprint density at radius 3 is 2.14 bits per heavy atom. The van der Waals surface area contributed by atoms with Crippen molar-refractivity contribution in [2.24, 2.45) is 5.92 Å². The summed E-state index contributed by atoms with van der Waals surface area (Å²) < 4.78 is 0. The van der Waals surface area contributed by atoms with Gasteiger partial charge in [0.15, 0.2) is 0 Å². The van der Waals surface area contributed by atoms with Crippen LogP contribution in [0.4, 0.5) is 0 Å². The van der Waals surface area contributed by atoms with Crippen molar-refractivity contribution < 1.29 is 9.59 Å². The molecule has 2 amide bonds. The lowest BCUT2D eigenvalue weighted by Crippen LogP contribution is -2.21. The zero-order chi connectivity index (χ0) is 11.1. The summed E-state index contributed by atoms with van der Waals surface area (Å²) in [4.78, 5) is 20.7. The fourth-order valence-electron chi connectivity index (χ4n) is 1.12. The number of carbonyl (C=O) groups excluding carboxylic acids is 2. The second-order valence-corrected chi connectivity index (χ2v) is 4.44. The van der Waals surface area contributed by atoms with Crippen LogP contribution in [0, 0.1) is 5.92 Å². The van der Waals surface area contributed by atoms with Gasteiger partial charge in [-0.1, -0.05) is 33.6 Å². The van der Waals surface area contributed by atoms with E-state index >= 15 is 0 Å². The second-order valence-electron chi connectivity index (χ2n) is 3.81. The molecule has 0 aromatic carbocycles. The Morgan fingerprint density at radius 2 is 2.07 bits per heavy atom. The predicted octanol–water partition coefficient (Wildman–Crippen LogP) is 1.77. The second kappa shape index (κ2) is 6.87. The molecule has 1 N–H and O–H groups in total. The maximum Gasteiger partial charge on any atom is 0.239 e. The normalized spacial score (nSPS) is 20.5. The zero-order valence-corrected chi connectivity index (χ0v) is 9.93. The SMILES string of the molecule is CCCC(C)C.O=C1CC(S)C(=O)N1. The summed E-state index contributed by atoms with van der Waals surface area (Å²) in [5.41, 5.74) is 0. The van der Waals surface area contributed by atoms with Crippen LogP contribution in [0.25, 0.3) is 0 Å². The van der Waals surface area contributed by atoms with Crippen LogP contribution in [-0.4, -0.2) is 17.1 Å². The summed E-state index contributed by atoms with van der Waals surface area (Å²) >= 11 is 3.81. The van der Waals surface area contributed by atoms with E-state index in [0.29, 0.717) is 0 Å². The summed E-state index contributed by atoms with van der Waals surface area (Å²) in [6.07, 6.45) is 2.93. The third-order valence-electron chi connectivity index (χ3n) is 1.81. The fraction of sp³-hybridized carbons (Fsp3) is 0.800. The molecular formula is C10H19NO2S. The molecule has 14 heavy (non-hydrogen) atoms. The maximum atomic E-state index is 10.4. The molecule has 0 aliphatic carbocycles. The Labute approximate surface area is 91.1 Å². The van der Waals surface area contributed by atoms with Gasteiger partial charge in [0, 0.05) is 6.42 Å². The minimum atomic E-state index is -0.414. The van der Waals surface area contributed by atoms with Crippen molar-refractivity contribution in [3.8, 4) is 0 Å². The van der Waals surface area contributed by atoms with E-state index < -0.39 is 5.25 Å². The Hall–Kier alpha value is -0.510. The van der Waals surface area contributed by atoms with Gasteiger partial charge in [-0.2, -0.15) is 12.6 Å². The average Bonchev–Trinajstić information content (AvgIpc) is 2.30. The van der Waals surface area contributed by atoms with Crippen molar-refractivity contribution in [3.05, 3.63) is 0 Å². The molecule has 3 nitrogen and oxygen atoms in total. The summed E-state index contributed by atoms with van der Waals surface area (Å²) in [5.74, 6) is 0.392.